The molecule has 1 aliphatic carbocycles. The number of carbonyl (C=O) groups excluding carboxylic acids is 2. The predicted octanol–water partition coefficient (Wildman–Crippen LogP) is 3.40. The second-order valence-electron chi connectivity index (χ2n) is 5.71. The maximum atomic E-state index is 13.3. The summed E-state index contributed by atoms with van der Waals surface area (Å²) in [7, 11) is 4.17. The molecule has 0 saturated heterocycles. The van der Waals surface area contributed by atoms with Gasteiger partial charge in [0.05, 0.1) is 32.5 Å². The van der Waals surface area contributed by atoms with E-state index < -0.39 is 17.4 Å². The van der Waals surface area contributed by atoms with E-state index >= 15 is 0 Å². The van der Waals surface area contributed by atoms with Gasteiger partial charge in [-0.2, -0.15) is 0 Å². The van der Waals surface area contributed by atoms with Crippen LogP contribution in [0.1, 0.15) is 11.1 Å². The molecule has 5 nitrogen and oxygen atoms in total. The summed E-state index contributed by atoms with van der Waals surface area (Å²) in [4.78, 5) is 26.2. The molecule has 6 heteroatoms. The smallest absolute Gasteiger partial charge is 0.232 e. The van der Waals surface area contributed by atoms with Crippen LogP contribution in [0.15, 0.2) is 60.0 Å². The number of ketones is 2. The molecule has 0 saturated carbocycles. The molecule has 0 aromatic heterocycles. The summed E-state index contributed by atoms with van der Waals surface area (Å²) in [6, 6.07) is 11.9. The number of methoxy groups -OCH3 is 3. The number of hydrogen-bond donors (Lipinski definition) is 0. The minimum Gasteiger partial charge on any atom is -0.497 e. The third-order valence-corrected chi connectivity index (χ3v) is 4.24. The van der Waals surface area contributed by atoms with E-state index in [4.69, 9.17) is 14.2 Å². The number of halogens is 1. The number of benzene rings is 2. The zero-order valence-corrected chi connectivity index (χ0v) is 15.0. The Morgan fingerprint density at radius 3 is 1.41 bits per heavy atom. The highest BCUT2D eigenvalue weighted by Crippen LogP contribution is 2.36. The molecule has 0 aliphatic heterocycles. The lowest BCUT2D eigenvalue weighted by molar-refractivity contribution is -0.117. The molecule has 0 heterocycles. The van der Waals surface area contributed by atoms with Gasteiger partial charge in [0.2, 0.25) is 11.6 Å². The summed E-state index contributed by atoms with van der Waals surface area (Å²) in [5.41, 5.74) is 1.01. The Bertz CT molecular complexity index is 953. The monoisotopic (exact) mass is 368 g/mol. The van der Waals surface area contributed by atoms with Gasteiger partial charge in [0.25, 0.3) is 0 Å². The van der Waals surface area contributed by atoms with Gasteiger partial charge >= 0.3 is 0 Å². The second-order valence-corrected chi connectivity index (χ2v) is 5.71. The Morgan fingerprint density at radius 2 is 1.04 bits per heavy atom. The van der Waals surface area contributed by atoms with Crippen molar-refractivity contribution in [1.82, 2.24) is 0 Å². The molecule has 0 atom stereocenters. The van der Waals surface area contributed by atoms with Crippen LogP contribution in [0.2, 0.25) is 0 Å². The van der Waals surface area contributed by atoms with Crippen LogP contribution < -0.4 is 4.74 Å². The first-order valence-corrected chi connectivity index (χ1v) is 8.08. The van der Waals surface area contributed by atoms with Crippen LogP contribution in [0, 0.1) is 5.82 Å². The van der Waals surface area contributed by atoms with Crippen LogP contribution in [0.5, 0.6) is 5.75 Å². The maximum absolute atomic E-state index is 13.3. The molecule has 0 N–H and O–H groups in total. The van der Waals surface area contributed by atoms with Crippen molar-refractivity contribution < 1.29 is 28.2 Å². The molecule has 2 aromatic carbocycles. The predicted molar refractivity (Wildman–Crippen MR) is 97.3 cm³/mol. The highest BCUT2D eigenvalue weighted by atomic mass is 19.1. The van der Waals surface area contributed by atoms with Crippen molar-refractivity contribution in [3.05, 3.63) is 77.0 Å². The van der Waals surface area contributed by atoms with Gasteiger partial charge in [0, 0.05) is 0 Å². The summed E-state index contributed by atoms with van der Waals surface area (Å²) in [6.45, 7) is 0. The van der Waals surface area contributed by atoms with E-state index in [0.29, 0.717) is 16.9 Å². The van der Waals surface area contributed by atoms with Crippen molar-refractivity contribution in [3.63, 3.8) is 0 Å². The third-order valence-electron chi connectivity index (χ3n) is 4.24. The minimum absolute atomic E-state index is 0.0385. The van der Waals surface area contributed by atoms with Gasteiger partial charge < -0.3 is 14.2 Å². The molecule has 0 radical (unpaired) electrons. The Hall–Kier alpha value is -3.41. The number of hydrogen-bond acceptors (Lipinski definition) is 5. The van der Waals surface area contributed by atoms with Gasteiger partial charge in [-0.1, -0.05) is 24.3 Å². The van der Waals surface area contributed by atoms with Gasteiger partial charge in [-0.05, 0) is 35.4 Å². The van der Waals surface area contributed by atoms with Crippen molar-refractivity contribution in [2.24, 2.45) is 0 Å². The molecule has 2 aromatic rings. The summed E-state index contributed by atoms with van der Waals surface area (Å²) < 4.78 is 28.9. The van der Waals surface area contributed by atoms with E-state index in [-0.39, 0.29) is 22.7 Å². The Kier molecular flexibility index (Phi) is 5.07. The number of Topliss-reactive ketones (excluding diaryl/α,β-unsaturated/α-hetero) is 2. The summed E-state index contributed by atoms with van der Waals surface area (Å²) >= 11 is 0. The summed E-state index contributed by atoms with van der Waals surface area (Å²) in [5, 5.41) is 0. The minimum atomic E-state index is -0.508. The zero-order valence-electron chi connectivity index (χ0n) is 15.0. The van der Waals surface area contributed by atoms with Gasteiger partial charge in [-0.15, -0.1) is 0 Å². The van der Waals surface area contributed by atoms with Crippen molar-refractivity contribution in [2.75, 3.05) is 21.3 Å². The van der Waals surface area contributed by atoms with Gasteiger partial charge in [0.15, 0.2) is 11.5 Å². The highest BCUT2D eigenvalue weighted by molar-refractivity contribution is 6.46. The Labute approximate surface area is 155 Å². The Morgan fingerprint density at radius 1 is 0.630 bits per heavy atom. The molecule has 1 aliphatic rings. The highest BCUT2D eigenvalue weighted by Gasteiger charge is 2.38. The fraction of sp³-hybridized carbons (Fsp3) is 0.143. The van der Waals surface area contributed by atoms with E-state index in [9.17, 15) is 14.0 Å². The average molecular weight is 368 g/mol. The first-order chi connectivity index (χ1) is 13.0. The van der Waals surface area contributed by atoms with E-state index in [1.165, 1.54) is 45.6 Å². The molecule has 0 amide bonds. The zero-order chi connectivity index (χ0) is 19.6. The van der Waals surface area contributed by atoms with Crippen LogP contribution in [0.25, 0.3) is 11.1 Å². The van der Waals surface area contributed by atoms with Crippen LogP contribution in [0.3, 0.4) is 0 Å². The lowest BCUT2D eigenvalue weighted by atomic mass is 9.86. The fourth-order valence-electron chi connectivity index (χ4n) is 2.95. The van der Waals surface area contributed by atoms with Crippen LogP contribution in [-0.2, 0) is 19.1 Å². The van der Waals surface area contributed by atoms with Crippen LogP contribution >= 0.6 is 0 Å². The van der Waals surface area contributed by atoms with E-state index in [0.717, 1.165) is 0 Å². The van der Waals surface area contributed by atoms with Crippen molar-refractivity contribution in [3.8, 4) is 5.75 Å². The molecular weight excluding hydrogens is 351 g/mol. The standard InChI is InChI=1S/C21H17FO5/c1-25-15-10-6-13(7-11-15)17-19(24)20(26-2)16(18(23)21(17)27-3)12-4-8-14(22)9-5-12/h4-11H,1-3H3. The average Bonchev–Trinajstić information content (AvgIpc) is 2.69. The molecule has 27 heavy (non-hydrogen) atoms. The number of rotatable bonds is 5. The number of ether oxygens (including phenoxy) is 3. The fourth-order valence-corrected chi connectivity index (χ4v) is 2.95. The van der Waals surface area contributed by atoms with E-state index in [1.807, 2.05) is 0 Å². The van der Waals surface area contributed by atoms with E-state index in [1.54, 1.807) is 24.3 Å². The molecule has 138 valence electrons. The molecule has 0 spiro atoms. The first kappa shape index (κ1) is 18.4. The van der Waals surface area contributed by atoms with Gasteiger partial charge in [-0.3, -0.25) is 9.59 Å². The molecule has 0 fully saturated rings. The van der Waals surface area contributed by atoms with Crippen LogP contribution in [0.4, 0.5) is 4.39 Å². The first-order valence-electron chi connectivity index (χ1n) is 8.08. The van der Waals surface area contributed by atoms with Crippen molar-refractivity contribution >= 4 is 22.7 Å². The lowest BCUT2D eigenvalue weighted by Crippen LogP contribution is -2.24. The number of carbonyl (C=O) groups is 2. The Balaban J connectivity index is 2.17. The molecular formula is C21H17FO5. The molecule has 3 rings (SSSR count). The second kappa shape index (κ2) is 7.45. The van der Waals surface area contributed by atoms with Gasteiger partial charge in [0.1, 0.15) is 11.6 Å². The third kappa shape index (κ3) is 3.21. The maximum Gasteiger partial charge on any atom is 0.232 e. The van der Waals surface area contributed by atoms with Crippen molar-refractivity contribution in [2.45, 2.75) is 0 Å². The number of allylic oxidation sites excluding steroid dienone is 2. The quantitative estimate of drug-likeness (QED) is 0.757. The topological polar surface area (TPSA) is 61.8 Å². The lowest BCUT2D eigenvalue weighted by Gasteiger charge is -2.22. The van der Waals surface area contributed by atoms with E-state index in [2.05, 4.69) is 0 Å². The molecule has 0 unspecified atom stereocenters. The molecule has 0 bridgehead atoms. The van der Waals surface area contributed by atoms with Gasteiger partial charge in [-0.25, -0.2) is 4.39 Å². The largest absolute Gasteiger partial charge is 0.497 e. The van der Waals surface area contributed by atoms with Crippen molar-refractivity contribution in [1.29, 1.82) is 0 Å². The summed E-state index contributed by atoms with van der Waals surface area (Å²) in [5.74, 6) is -1.04. The van der Waals surface area contributed by atoms with Crippen LogP contribution in [-0.4, -0.2) is 32.9 Å². The summed E-state index contributed by atoms with van der Waals surface area (Å²) in [6.07, 6.45) is 0. The normalized spacial score (nSPS) is 14.5. The SMILES string of the molecule is COC1=C(c2ccc(F)cc2)C(=O)C(OC)=C(c2ccc(OC)cc2)C1=O.